The smallest absolute Gasteiger partial charge is 0.299 e. The molecule has 0 radical (unpaired) electrons. The fraction of sp³-hybridized carbons (Fsp3) is 0.467. The number of aryl methyl sites for hydroxylation is 2. The van der Waals surface area contributed by atoms with Crippen LogP contribution in [0.4, 0.5) is 5.69 Å². The zero-order chi connectivity index (χ0) is 13.6. The summed E-state index contributed by atoms with van der Waals surface area (Å²) >= 11 is 0. The van der Waals surface area contributed by atoms with E-state index in [9.17, 15) is 9.59 Å². The van der Waals surface area contributed by atoms with Crippen LogP contribution in [0.3, 0.4) is 0 Å². The Bertz CT molecular complexity index is 560. The molecule has 1 fully saturated rings. The molecule has 19 heavy (non-hydrogen) atoms. The maximum absolute atomic E-state index is 12.3. The molecule has 0 atom stereocenters. The van der Waals surface area contributed by atoms with Crippen LogP contribution in [0.2, 0.25) is 0 Å². The van der Waals surface area contributed by atoms with E-state index in [1.807, 2.05) is 26.0 Å². The van der Waals surface area contributed by atoms with Gasteiger partial charge in [0.15, 0.2) is 0 Å². The second-order valence-electron chi connectivity index (χ2n) is 5.46. The number of carbonyl (C=O) groups is 2. The Balaban J connectivity index is 2.08. The molecule has 100 valence electrons. The molecule has 2 aliphatic rings. The summed E-state index contributed by atoms with van der Waals surface area (Å²) in [6, 6.07) is 4.03. The van der Waals surface area contributed by atoms with Crippen molar-refractivity contribution in [2.24, 2.45) is 0 Å². The van der Waals surface area contributed by atoms with Gasteiger partial charge in [0.2, 0.25) is 0 Å². The number of Topliss-reactive ketones (excluding diaryl/α,β-unsaturated/α-hetero) is 1. The molecule has 0 unspecified atom stereocenters. The first-order valence-electron chi connectivity index (χ1n) is 6.79. The van der Waals surface area contributed by atoms with E-state index in [0.29, 0.717) is 5.56 Å². The van der Waals surface area contributed by atoms with Crippen LogP contribution in [0.1, 0.15) is 34.3 Å². The molecule has 1 saturated heterocycles. The van der Waals surface area contributed by atoms with Crippen molar-refractivity contribution >= 4 is 17.4 Å². The summed E-state index contributed by atoms with van der Waals surface area (Å²) in [5.74, 6) is -0.698. The van der Waals surface area contributed by atoms with Crippen LogP contribution in [0.25, 0.3) is 0 Å². The number of ketones is 1. The number of piperidine rings is 1. The van der Waals surface area contributed by atoms with E-state index >= 15 is 0 Å². The van der Waals surface area contributed by atoms with Crippen LogP contribution in [0.5, 0.6) is 0 Å². The fourth-order valence-electron chi connectivity index (χ4n) is 3.19. The third-order valence-electron chi connectivity index (χ3n) is 4.02. The number of carbonyl (C=O) groups excluding carboxylic acids is 2. The molecule has 1 aromatic rings. The average Bonchev–Trinajstić information content (AvgIpc) is 2.64. The first-order valence-corrected chi connectivity index (χ1v) is 6.79. The number of amides is 1. The van der Waals surface area contributed by atoms with Crippen molar-refractivity contribution in [3.05, 3.63) is 28.8 Å². The molecule has 1 N–H and O–H groups in total. The molecule has 3 rings (SSSR count). The zero-order valence-corrected chi connectivity index (χ0v) is 11.3. The van der Waals surface area contributed by atoms with Gasteiger partial charge in [-0.3, -0.25) is 9.59 Å². The summed E-state index contributed by atoms with van der Waals surface area (Å²) < 4.78 is 0. The molecule has 1 amide bonds. The lowest BCUT2D eigenvalue weighted by Crippen LogP contribution is -2.45. The van der Waals surface area contributed by atoms with E-state index in [1.54, 1.807) is 4.90 Å². The highest BCUT2D eigenvalue weighted by atomic mass is 16.2. The maximum atomic E-state index is 12.3. The molecule has 0 saturated carbocycles. The molecule has 2 heterocycles. The lowest BCUT2D eigenvalue weighted by atomic mass is 10.0. The van der Waals surface area contributed by atoms with Crippen LogP contribution in [0.15, 0.2) is 12.1 Å². The van der Waals surface area contributed by atoms with Gasteiger partial charge in [-0.1, -0.05) is 6.07 Å². The first kappa shape index (κ1) is 12.4. The Hall–Kier alpha value is -1.68. The molecule has 0 spiro atoms. The highest BCUT2D eigenvalue weighted by molar-refractivity contribution is 6.52. The Morgan fingerprint density at radius 3 is 2.53 bits per heavy atom. The largest absolute Gasteiger partial charge is 0.317 e. The normalized spacial score (nSPS) is 20.0. The van der Waals surface area contributed by atoms with Gasteiger partial charge in [0, 0.05) is 6.04 Å². The van der Waals surface area contributed by atoms with Gasteiger partial charge in [0.25, 0.3) is 11.7 Å². The number of anilines is 1. The number of benzene rings is 1. The van der Waals surface area contributed by atoms with E-state index in [1.165, 1.54) is 0 Å². The summed E-state index contributed by atoms with van der Waals surface area (Å²) in [4.78, 5) is 26.2. The minimum Gasteiger partial charge on any atom is -0.317 e. The third kappa shape index (κ3) is 1.87. The number of nitrogens with zero attached hydrogens (tertiary/aromatic N) is 1. The van der Waals surface area contributed by atoms with Crippen LogP contribution in [-0.4, -0.2) is 30.8 Å². The molecule has 0 bridgehead atoms. The van der Waals surface area contributed by atoms with Gasteiger partial charge in [0.1, 0.15) is 0 Å². The van der Waals surface area contributed by atoms with Crippen LogP contribution in [0, 0.1) is 13.8 Å². The predicted molar refractivity (Wildman–Crippen MR) is 73.6 cm³/mol. The second kappa shape index (κ2) is 4.46. The third-order valence-corrected chi connectivity index (χ3v) is 4.02. The predicted octanol–water partition coefficient (Wildman–Crippen LogP) is 1.58. The second-order valence-corrected chi connectivity index (χ2v) is 5.46. The zero-order valence-electron chi connectivity index (χ0n) is 11.3. The van der Waals surface area contributed by atoms with Crippen molar-refractivity contribution in [2.75, 3.05) is 18.0 Å². The summed E-state index contributed by atoms with van der Waals surface area (Å²) in [6.45, 7) is 5.75. The summed E-state index contributed by atoms with van der Waals surface area (Å²) in [6.07, 6.45) is 1.82. The van der Waals surface area contributed by atoms with Gasteiger partial charge in [-0.15, -0.1) is 0 Å². The summed E-state index contributed by atoms with van der Waals surface area (Å²) in [5, 5.41) is 3.29. The van der Waals surface area contributed by atoms with Crippen molar-refractivity contribution in [3.63, 3.8) is 0 Å². The van der Waals surface area contributed by atoms with Gasteiger partial charge in [-0.25, -0.2) is 0 Å². The Kier molecular flexibility index (Phi) is 2.90. The highest BCUT2D eigenvalue weighted by Crippen LogP contribution is 2.36. The highest BCUT2D eigenvalue weighted by Gasteiger charge is 2.41. The van der Waals surface area contributed by atoms with Gasteiger partial charge in [0.05, 0.1) is 11.3 Å². The van der Waals surface area contributed by atoms with Crippen LogP contribution >= 0.6 is 0 Å². The number of hydrogen-bond donors (Lipinski definition) is 1. The topological polar surface area (TPSA) is 49.4 Å². The van der Waals surface area contributed by atoms with Gasteiger partial charge < -0.3 is 10.2 Å². The molecule has 0 aromatic heterocycles. The van der Waals surface area contributed by atoms with Gasteiger partial charge in [-0.2, -0.15) is 0 Å². The number of fused-ring (bicyclic) bond motifs is 1. The van der Waals surface area contributed by atoms with E-state index < -0.39 is 0 Å². The van der Waals surface area contributed by atoms with Crippen LogP contribution in [-0.2, 0) is 4.79 Å². The average molecular weight is 258 g/mol. The fourth-order valence-corrected chi connectivity index (χ4v) is 3.19. The summed E-state index contributed by atoms with van der Waals surface area (Å²) in [5.41, 5.74) is 3.48. The summed E-state index contributed by atoms with van der Waals surface area (Å²) in [7, 11) is 0. The van der Waals surface area contributed by atoms with Crippen LogP contribution < -0.4 is 10.2 Å². The van der Waals surface area contributed by atoms with E-state index in [4.69, 9.17) is 0 Å². The monoisotopic (exact) mass is 258 g/mol. The van der Waals surface area contributed by atoms with Crippen molar-refractivity contribution in [1.29, 1.82) is 0 Å². The van der Waals surface area contributed by atoms with Gasteiger partial charge >= 0.3 is 0 Å². The molecule has 4 heteroatoms. The molecular weight excluding hydrogens is 240 g/mol. The lowest BCUT2D eigenvalue weighted by Gasteiger charge is -2.32. The van der Waals surface area contributed by atoms with E-state index in [0.717, 1.165) is 42.7 Å². The van der Waals surface area contributed by atoms with E-state index in [2.05, 4.69) is 5.32 Å². The lowest BCUT2D eigenvalue weighted by molar-refractivity contribution is -0.114. The van der Waals surface area contributed by atoms with Crippen molar-refractivity contribution in [1.82, 2.24) is 5.32 Å². The molecular formula is C15H18N2O2. The molecule has 2 aliphatic heterocycles. The van der Waals surface area contributed by atoms with Gasteiger partial charge in [-0.05, 0) is 57.0 Å². The van der Waals surface area contributed by atoms with E-state index in [-0.39, 0.29) is 17.7 Å². The SMILES string of the molecule is Cc1cc(C)c2c(c1)C(=O)C(=O)N2C1CCNCC1. The van der Waals surface area contributed by atoms with Crippen molar-refractivity contribution in [2.45, 2.75) is 32.7 Å². The minimum atomic E-state index is -0.351. The number of nitrogens with one attached hydrogen (secondary N) is 1. The quantitative estimate of drug-likeness (QED) is 0.778. The number of rotatable bonds is 1. The first-order chi connectivity index (χ1) is 9.09. The maximum Gasteiger partial charge on any atom is 0.299 e. The standard InChI is InChI=1S/C15H18N2O2/c1-9-7-10(2)13-12(8-9)14(18)15(19)17(13)11-3-5-16-6-4-11/h7-8,11,16H,3-6H2,1-2H3. The minimum absolute atomic E-state index is 0.153. The Labute approximate surface area is 112 Å². The van der Waals surface area contributed by atoms with Crippen molar-refractivity contribution in [3.8, 4) is 0 Å². The Morgan fingerprint density at radius 2 is 1.84 bits per heavy atom. The van der Waals surface area contributed by atoms with Crippen molar-refractivity contribution < 1.29 is 9.59 Å². The molecule has 4 nitrogen and oxygen atoms in total. The Morgan fingerprint density at radius 1 is 1.16 bits per heavy atom. The number of hydrogen-bond acceptors (Lipinski definition) is 3. The molecule has 1 aromatic carbocycles. The molecule has 0 aliphatic carbocycles.